The molecule has 0 N–H and O–H groups in total. The second-order valence-electron chi connectivity index (χ2n) is 3.99. The van der Waals surface area contributed by atoms with E-state index in [1.807, 2.05) is 13.8 Å². The number of nitrogens with zero attached hydrogens (tertiary/aromatic N) is 1. The Bertz CT molecular complexity index is 665. The highest BCUT2D eigenvalue weighted by molar-refractivity contribution is 6.42. The summed E-state index contributed by atoms with van der Waals surface area (Å²) >= 11 is 12.0. The topological polar surface area (TPSA) is 48.4 Å². The van der Waals surface area contributed by atoms with E-state index < -0.39 is 6.16 Å². The average Bonchev–Trinajstić information content (AvgIpc) is 2.37. The van der Waals surface area contributed by atoms with E-state index in [1.54, 1.807) is 12.1 Å². The molecule has 19 heavy (non-hydrogen) atoms. The molecule has 6 heteroatoms. The predicted molar refractivity (Wildman–Crippen MR) is 74.3 cm³/mol. The van der Waals surface area contributed by atoms with Crippen molar-refractivity contribution >= 4 is 40.3 Å². The molecule has 0 radical (unpaired) electrons. The highest BCUT2D eigenvalue weighted by Crippen LogP contribution is 2.35. The zero-order valence-corrected chi connectivity index (χ0v) is 12.1. The van der Waals surface area contributed by atoms with Crippen LogP contribution >= 0.6 is 23.2 Å². The van der Waals surface area contributed by atoms with E-state index in [0.717, 1.165) is 11.3 Å². The number of methoxy groups -OCH3 is 1. The van der Waals surface area contributed by atoms with Crippen molar-refractivity contribution in [2.45, 2.75) is 13.8 Å². The van der Waals surface area contributed by atoms with E-state index in [9.17, 15) is 4.79 Å². The standard InChI is InChI=1S/C13H11Cl2NO3/c1-6-7(2)16-11-5-10(15)9(14)4-8(11)12(6)19-13(17)18-3/h4-5H,1-3H3. The Morgan fingerprint density at radius 3 is 2.47 bits per heavy atom. The van der Waals surface area contributed by atoms with Gasteiger partial charge in [0.15, 0.2) is 0 Å². The summed E-state index contributed by atoms with van der Waals surface area (Å²) in [7, 11) is 1.25. The maximum absolute atomic E-state index is 11.3. The van der Waals surface area contributed by atoms with Gasteiger partial charge < -0.3 is 9.47 Å². The van der Waals surface area contributed by atoms with Gasteiger partial charge in [0, 0.05) is 16.6 Å². The molecular weight excluding hydrogens is 289 g/mol. The molecule has 0 amide bonds. The van der Waals surface area contributed by atoms with Crippen molar-refractivity contribution < 1.29 is 14.3 Å². The minimum absolute atomic E-state index is 0.369. The maximum Gasteiger partial charge on any atom is 0.513 e. The lowest BCUT2D eigenvalue weighted by Gasteiger charge is -2.12. The number of fused-ring (bicyclic) bond motifs is 1. The van der Waals surface area contributed by atoms with E-state index in [0.29, 0.717) is 26.7 Å². The summed E-state index contributed by atoms with van der Waals surface area (Å²) in [6.07, 6.45) is -0.791. The van der Waals surface area contributed by atoms with Gasteiger partial charge in [-0.15, -0.1) is 0 Å². The van der Waals surface area contributed by atoms with Crippen molar-refractivity contribution in [2.24, 2.45) is 0 Å². The summed E-state index contributed by atoms with van der Waals surface area (Å²) in [6.45, 7) is 3.63. The second-order valence-corrected chi connectivity index (χ2v) is 4.81. The number of ether oxygens (including phenoxy) is 2. The van der Waals surface area contributed by atoms with Crippen LogP contribution in [0, 0.1) is 13.8 Å². The normalized spacial score (nSPS) is 10.6. The van der Waals surface area contributed by atoms with Crippen molar-refractivity contribution in [1.29, 1.82) is 0 Å². The number of carbonyl (C=O) groups excluding carboxylic acids is 1. The number of hydrogen-bond acceptors (Lipinski definition) is 4. The molecule has 0 aliphatic heterocycles. The molecule has 2 aromatic rings. The fourth-order valence-corrected chi connectivity index (χ4v) is 2.02. The van der Waals surface area contributed by atoms with Crippen LogP contribution in [0.2, 0.25) is 10.0 Å². The molecule has 0 bridgehead atoms. The third-order valence-corrected chi connectivity index (χ3v) is 3.53. The first-order chi connectivity index (χ1) is 8.93. The first-order valence-electron chi connectivity index (χ1n) is 5.45. The summed E-state index contributed by atoms with van der Waals surface area (Å²) in [4.78, 5) is 15.7. The van der Waals surface area contributed by atoms with Gasteiger partial charge in [0.2, 0.25) is 0 Å². The minimum atomic E-state index is -0.791. The highest BCUT2D eigenvalue weighted by atomic mass is 35.5. The third kappa shape index (κ3) is 2.60. The van der Waals surface area contributed by atoms with Crippen LogP contribution in [0.5, 0.6) is 5.75 Å². The third-order valence-electron chi connectivity index (χ3n) is 2.81. The zero-order valence-electron chi connectivity index (χ0n) is 10.6. The summed E-state index contributed by atoms with van der Waals surface area (Å²) in [5.41, 5.74) is 2.09. The SMILES string of the molecule is COC(=O)Oc1c(C)c(C)nc2cc(Cl)c(Cl)cc12. The van der Waals surface area contributed by atoms with Crippen molar-refractivity contribution in [3.05, 3.63) is 33.4 Å². The molecule has 0 saturated heterocycles. The molecule has 1 aromatic carbocycles. The molecule has 100 valence electrons. The van der Waals surface area contributed by atoms with Crippen molar-refractivity contribution in [2.75, 3.05) is 7.11 Å². The van der Waals surface area contributed by atoms with Gasteiger partial charge in [-0.3, -0.25) is 4.98 Å². The lowest BCUT2D eigenvalue weighted by Crippen LogP contribution is -2.09. The smallest absolute Gasteiger partial charge is 0.437 e. The summed E-state index contributed by atoms with van der Waals surface area (Å²) in [5, 5.41) is 1.38. The Kier molecular flexibility index (Phi) is 3.83. The number of carbonyl (C=O) groups is 1. The van der Waals surface area contributed by atoms with Gasteiger partial charge >= 0.3 is 6.16 Å². The van der Waals surface area contributed by atoms with Crippen molar-refractivity contribution in [3.63, 3.8) is 0 Å². The van der Waals surface area contributed by atoms with E-state index in [4.69, 9.17) is 27.9 Å². The Morgan fingerprint density at radius 2 is 1.84 bits per heavy atom. The van der Waals surface area contributed by atoms with E-state index >= 15 is 0 Å². The van der Waals surface area contributed by atoms with Crippen LogP contribution in [0.1, 0.15) is 11.3 Å². The number of aromatic nitrogens is 1. The van der Waals surface area contributed by atoms with Crippen LogP contribution in [0.25, 0.3) is 10.9 Å². The highest BCUT2D eigenvalue weighted by Gasteiger charge is 2.16. The first kappa shape index (κ1) is 13.9. The number of hydrogen-bond donors (Lipinski definition) is 0. The van der Waals surface area contributed by atoms with Gasteiger partial charge in [-0.25, -0.2) is 4.79 Å². The van der Waals surface area contributed by atoms with Gasteiger partial charge in [-0.2, -0.15) is 0 Å². The van der Waals surface area contributed by atoms with E-state index in [2.05, 4.69) is 9.72 Å². The molecule has 0 spiro atoms. The van der Waals surface area contributed by atoms with Crippen LogP contribution < -0.4 is 4.74 Å². The largest absolute Gasteiger partial charge is 0.513 e. The molecular formula is C13H11Cl2NO3. The monoisotopic (exact) mass is 299 g/mol. The molecule has 0 fully saturated rings. The van der Waals surface area contributed by atoms with Gasteiger partial charge in [-0.05, 0) is 26.0 Å². The maximum atomic E-state index is 11.3. The molecule has 1 heterocycles. The number of aryl methyl sites for hydroxylation is 1. The molecule has 0 unspecified atom stereocenters. The summed E-state index contributed by atoms with van der Waals surface area (Å²) in [6, 6.07) is 3.26. The number of halogens is 2. The quantitative estimate of drug-likeness (QED) is 0.737. The first-order valence-corrected chi connectivity index (χ1v) is 6.21. The fourth-order valence-electron chi connectivity index (χ4n) is 1.70. The van der Waals surface area contributed by atoms with Crippen molar-refractivity contribution in [3.8, 4) is 5.75 Å². The zero-order chi connectivity index (χ0) is 14.2. The fraction of sp³-hybridized carbons (Fsp3) is 0.231. The number of rotatable bonds is 1. The van der Waals surface area contributed by atoms with Crippen LogP contribution in [-0.4, -0.2) is 18.2 Å². The van der Waals surface area contributed by atoms with Crippen LogP contribution in [0.4, 0.5) is 4.79 Å². The van der Waals surface area contributed by atoms with Gasteiger partial charge in [0.05, 0.1) is 22.7 Å². The average molecular weight is 300 g/mol. The van der Waals surface area contributed by atoms with E-state index in [-0.39, 0.29) is 0 Å². The molecule has 0 aliphatic carbocycles. The van der Waals surface area contributed by atoms with Gasteiger partial charge in [-0.1, -0.05) is 23.2 Å². The molecule has 0 aliphatic rings. The number of benzene rings is 1. The Labute approximate surface area is 120 Å². The van der Waals surface area contributed by atoms with Crippen LogP contribution in [0.3, 0.4) is 0 Å². The van der Waals surface area contributed by atoms with Crippen LogP contribution in [-0.2, 0) is 4.74 Å². The molecule has 1 aromatic heterocycles. The molecule has 2 rings (SSSR count). The van der Waals surface area contributed by atoms with Crippen molar-refractivity contribution in [1.82, 2.24) is 4.98 Å². The summed E-state index contributed by atoms with van der Waals surface area (Å²) < 4.78 is 9.69. The number of pyridine rings is 1. The Balaban J connectivity index is 2.74. The predicted octanol–water partition coefficient (Wildman–Crippen LogP) is 4.30. The van der Waals surface area contributed by atoms with E-state index in [1.165, 1.54) is 7.11 Å². The lowest BCUT2D eigenvalue weighted by molar-refractivity contribution is 0.121. The summed E-state index contributed by atoms with van der Waals surface area (Å²) in [5.74, 6) is 0.382. The molecule has 0 atom stereocenters. The van der Waals surface area contributed by atoms with Crippen LogP contribution in [0.15, 0.2) is 12.1 Å². The Morgan fingerprint density at radius 1 is 1.21 bits per heavy atom. The van der Waals surface area contributed by atoms with Gasteiger partial charge in [0.25, 0.3) is 0 Å². The molecule has 0 saturated carbocycles. The lowest BCUT2D eigenvalue weighted by atomic mass is 10.1. The molecule has 4 nitrogen and oxygen atoms in total. The Hall–Kier alpha value is -1.52. The second kappa shape index (κ2) is 5.23. The minimum Gasteiger partial charge on any atom is -0.437 e. The van der Waals surface area contributed by atoms with Gasteiger partial charge in [0.1, 0.15) is 5.75 Å².